The monoisotopic (exact) mass is 334 g/mol. The van der Waals surface area contributed by atoms with Gasteiger partial charge in [0.05, 0.1) is 25.8 Å². The lowest BCUT2D eigenvalue weighted by Gasteiger charge is -2.25. The molecule has 0 aliphatic carbocycles. The summed E-state index contributed by atoms with van der Waals surface area (Å²) in [5, 5.41) is 14.4. The Balaban J connectivity index is 2.04. The van der Waals surface area contributed by atoms with Crippen LogP contribution >= 0.6 is 11.3 Å². The first-order valence-corrected chi connectivity index (χ1v) is 7.86. The average molecular weight is 334 g/mol. The second-order valence-electron chi connectivity index (χ2n) is 5.22. The van der Waals surface area contributed by atoms with E-state index in [0.29, 0.717) is 5.69 Å². The molecule has 0 fully saturated rings. The zero-order chi connectivity index (χ0) is 16.9. The van der Waals surface area contributed by atoms with Crippen LogP contribution in [0.25, 0.3) is 10.6 Å². The van der Waals surface area contributed by atoms with Crippen molar-refractivity contribution in [2.75, 3.05) is 13.7 Å². The molecule has 1 atom stereocenters. The van der Waals surface area contributed by atoms with Crippen molar-refractivity contribution in [3.8, 4) is 10.6 Å². The average Bonchev–Trinajstić information content (AvgIpc) is 3.02. The van der Waals surface area contributed by atoms with Gasteiger partial charge in [0.25, 0.3) is 0 Å². The summed E-state index contributed by atoms with van der Waals surface area (Å²) < 4.78 is 4.59. The van der Waals surface area contributed by atoms with E-state index in [4.69, 9.17) is 0 Å². The molecule has 0 radical (unpaired) electrons. The number of benzene rings is 1. The first-order chi connectivity index (χ1) is 11.0. The number of hydrogen-bond donors (Lipinski definition) is 2. The van der Waals surface area contributed by atoms with Crippen LogP contribution in [0.2, 0.25) is 0 Å². The summed E-state index contributed by atoms with van der Waals surface area (Å²) in [7, 11) is 1.20. The summed E-state index contributed by atoms with van der Waals surface area (Å²) in [4.78, 5) is 28.1. The van der Waals surface area contributed by atoms with E-state index in [2.05, 4.69) is 15.0 Å². The molecule has 0 saturated heterocycles. The van der Waals surface area contributed by atoms with Crippen LogP contribution in [-0.4, -0.2) is 41.2 Å². The van der Waals surface area contributed by atoms with Crippen molar-refractivity contribution in [1.82, 2.24) is 10.3 Å². The van der Waals surface area contributed by atoms with Gasteiger partial charge in [-0.1, -0.05) is 30.3 Å². The number of aliphatic hydroxyl groups excluding tert-OH is 1. The van der Waals surface area contributed by atoms with E-state index in [9.17, 15) is 14.7 Å². The summed E-state index contributed by atoms with van der Waals surface area (Å²) in [5.41, 5.74) is 0.139. The number of carbonyl (C=O) groups excluding carboxylic acids is 2. The fraction of sp³-hybridized carbons (Fsp3) is 0.312. The Bertz CT molecular complexity index is 686. The second-order valence-corrected chi connectivity index (χ2v) is 6.07. The molecule has 122 valence electrons. The van der Waals surface area contributed by atoms with E-state index in [1.807, 2.05) is 30.3 Å². The lowest BCUT2D eigenvalue weighted by Crippen LogP contribution is -2.55. The molecular weight excluding hydrogens is 316 g/mol. The quantitative estimate of drug-likeness (QED) is 0.780. The van der Waals surface area contributed by atoms with Gasteiger partial charge in [-0.2, -0.15) is 0 Å². The van der Waals surface area contributed by atoms with Crippen LogP contribution in [0, 0.1) is 0 Å². The van der Waals surface area contributed by atoms with Gasteiger partial charge < -0.3 is 15.2 Å². The molecule has 1 aromatic heterocycles. The molecule has 0 aliphatic rings. The number of amides is 1. The molecule has 1 aromatic carbocycles. The van der Waals surface area contributed by atoms with Crippen LogP contribution in [0.4, 0.5) is 0 Å². The predicted molar refractivity (Wildman–Crippen MR) is 86.9 cm³/mol. The van der Waals surface area contributed by atoms with Crippen LogP contribution in [0.1, 0.15) is 12.6 Å². The Labute approximate surface area is 138 Å². The van der Waals surface area contributed by atoms with Gasteiger partial charge in [0, 0.05) is 10.9 Å². The number of ether oxygens (including phenoxy) is 1. The normalized spacial score (nSPS) is 13.2. The van der Waals surface area contributed by atoms with Crippen molar-refractivity contribution in [2.45, 2.75) is 18.9 Å². The van der Waals surface area contributed by atoms with Gasteiger partial charge in [-0.25, -0.2) is 9.78 Å². The number of nitrogens with zero attached hydrogens (tertiary/aromatic N) is 1. The predicted octanol–water partition coefficient (Wildman–Crippen LogP) is 1.39. The highest BCUT2D eigenvalue weighted by Gasteiger charge is 2.35. The van der Waals surface area contributed by atoms with Crippen molar-refractivity contribution >= 4 is 23.2 Å². The van der Waals surface area contributed by atoms with E-state index in [1.165, 1.54) is 25.4 Å². The van der Waals surface area contributed by atoms with Gasteiger partial charge in [0.15, 0.2) is 5.54 Å². The number of aromatic nitrogens is 1. The first kappa shape index (κ1) is 17.1. The lowest BCUT2D eigenvalue weighted by atomic mass is 10.0. The smallest absolute Gasteiger partial charge is 0.333 e. The highest BCUT2D eigenvalue weighted by Crippen LogP contribution is 2.23. The fourth-order valence-corrected chi connectivity index (χ4v) is 2.82. The lowest BCUT2D eigenvalue weighted by molar-refractivity contribution is -0.152. The van der Waals surface area contributed by atoms with E-state index in [0.717, 1.165) is 10.6 Å². The highest BCUT2D eigenvalue weighted by molar-refractivity contribution is 7.13. The minimum Gasteiger partial charge on any atom is -0.467 e. The minimum atomic E-state index is -1.45. The number of hydrogen-bond acceptors (Lipinski definition) is 6. The molecule has 0 spiro atoms. The number of carbonyl (C=O) groups is 2. The molecule has 0 bridgehead atoms. The second kappa shape index (κ2) is 7.34. The first-order valence-electron chi connectivity index (χ1n) is 6.98. The van der Waals surface area contributed by atoms with E-state index >= 15 is 0 Å². The number of thiazole rings is 1. The van der Waals surface area contributed by atoms with Gasteiger partial charge in [-0.3, -0.25) is 4.79 Å². The molecule has 23 heavy (non-hydrogen) atoms. The van der Waals surface area contributed by atoms with Gasteiger partial charge in [-0.15, -0.1) is 11.3 Å². The standard InChI is InChI=1S/C16H18N2O4S/c1-16(10-19,15(21)22-2)18-13(20)8-12-9-23-14(17-12)11-6-4-3-5-7-11/h3-7,9,19H,8,10H2,1-2H3,(H,18,20). The summed E-state index contributed by atoms with van der Waals surface area (Å²) in [6.07, 6.45) is 0.0237. The molecule has 2 rings (SSSR count). The van der Waals surface area contributed by atoms with Crippen molar-refractivity contribution in [3.05, 3.63) is 41.4 Å². The zero-order valence-corrected chi connectivity index (χ0v) is 13.7. The SMILES string of the molecule is COC(=O)C(C)(CO)NC(=O)Cc1csc(-c2ccccc2)n1. The summed E-state index contributed by atoms with van der Waals surface area (Å²) in [5.74, 6) is -1.10. The van der Waals surface area contributed by atoms with Crippen LogP contribution in [0.5, 0.6) is 0 Å². The van der Waals surface area contributed by atoms with Crippen molar-refractivity contribution in [1.29, 1.82) is 0 Å². The molecule has 2 N–H and O–H groups in total. The minimum absolute atomic E-state index is 0.0237. The summed E-state index contributed by atoms with van der Waals surface area (Å²) in [6, 6.07) is 9.66. The van der Waals surface area contributed by atoms with Crippen LogP contribution in [-0.2, 0) is 20.7 Å². The maximum atomic E-state index is 12.1. The topological polar surface area (TPSA) is 88.5 Å². The summed E-state index contributed by atoms with van der Waals surface area (Å²) >= 11 is 1.45. The largest absolute Gasteiger partial charge is 0.467 e. The Kier molecular flexibility index (Phi) is 5.46. The van der Waals surface area contributed by atoms with Crippen molar-refractivity contribution < 1.29 is 19.4 Å². The van der Waals surface area contributed by atoms with Gasteiger partial charge in [0.2, 0.25) is 5.91 Å². The van der Waals surface area contributed by atoms with Gasteiger partial charge in [-0.05, 0) is 6.92 Å². The summed E-state index contributed by atoms with van der Waals surface area (Å²) in [6.45, 7) is 0.866. The number of methoxy groups -OCH3 is 1. The Morgan fingerprint density at radius 3 is 2.65 bits per heavy atom. The van der Waals surface area contributed by atoms with Gasteiger partial charge >= 0.3 is 5.97 Å². The van der Waals surface area contributed by atoms with Crippen LogP contribution in [0.3, 0.4) is 0 Å². The number of esters is 1. The van der Waals surface area contributed by atoms with E-state index < -0.39 is 24.0 Å². The van der Waals surface area contributed by atoms with Crippen molar-refractivity contribution in [2.24, 2.45) is 0 Å². The van der Waals surface area contributed by atoms with Crippen molar-refractivity contribution in [3.63, 3.8) is 0 Å². The molecular formula is C16H18N2O4S. The third kappa shape index (κ3) is 4.14. The fourth-order valence-electron chi connectivity index (χ4n) is 2.00. The van der Waals surface area contributed by atoms with Gasteiger partial charge in [0.1, 0.15) is 5.01 Å². The van der Waals surface area contributed by atoms with E-state index in [-0.39, 0.29) is 6.42 Å². The Morgan fingerprint density at radius 1 is 1.35 bits per heavy atom. The third-order valence-electron chi connectivity index (χ3n) is 3.28. The molecule has 1 amide bonds. The van der Waals surface area contributed by atoms with E-state index in [1.54, 1.807) is 5.38 Å². The molecule has 7 heteroatoms. The highest BCUT2D eigenvalue weighted by atomic mass is 32.1. The number of nitrogens with one attached hydrogen (secondary N) is 1. The maximum absolute atomic E-state index is 12.1. The molecule has 0 saturated carbocycles. The maximum Gasteiger partial charge on any atom is 0.333 e. The molecule has 0 aliphatic heterocycles. The van der Waals surface area contributed by atoms with Crippen LogP contribution in [0.15, 0.2) is 35.7 Å². The Morgan fingerprint density at radius 2 is 2.04 bits per heavy atom. The molecule has 2 aromatic rings. The number of aliphatic hydroxyl groups is 1. The zero-order valence-electron chi connectivity index (χ0n) is 12.9. The molecule has 6 nitrogen and oxygen atoms in total. The van der Waals surface area contributed by atoms with Crippen LogP contribution < -0.4 is 5.32 Å². The molecule has 1 heterocycles. The molecule has 1 unspecified atom stereocenters. The Hall–Kier alpha value is -2.25. The third-order valence-corrected chi connectivity index (χ3v) is 4.22. The number of rotatable bonds is 6.